The van der Waals surface area contributed by atoms with E-state index in [4.69, 9.17) is 4.42 Å². The van der Waals surface area contributed by atoms with E-state index in [1.807, 2.05) is 43.0 Å². The summed E-state index contributed by atoms with van der Waals surface area (Å²) < 4.78 is 5.81. The normalized spacial score (nSPS) is 14.4. The number of hydrogen-bond donors (Lipinski definition) is 0. The second-order valence-electron chi connectivity index (χ2n) is 6.98. The molecule has 1 saturated heterocycles. The molecule has 1 amide bonds. The first-order valence-electron chi connectivity index (χ1n) is 9.43. The molecule has 3 heterocycles. The van der Waals surface area contributed by atoms with Crippen molar-refractivity contribution in [3.8, 4) is 11.5 Å². The van der Waals surface area contributed by atoms with Crippen molar-refractivity contribution in [2.24, 2.45) is 0 Å². The van der Waals surface area contributed by atoms with Gasteiger partial charge in [-0.15, -0.1) is 0 Å². The smallest absolute Gasteiger partial charge is 0.228 e. The molecule has 0 atom stereocenters. The van der Waals surface area contributed by atoms with Crippen LogP contribution in [0.3, 0.4) is 0 Å². The minimum Gasteiger partial charge on any atom is -0.441 e. The fourth-order valence-corrected chi connectivity index (χ4v) is 3.36. The zero-order chi connectivity index (χ0) is 19.5. The van der Waals surface area contributed by atoms with E-state index < -0.39 is 0 Å². The number of oxazole rings is 1. The lowest BCUT2D eigenvalue weighted by molar-refractivity contribution is -0.130. The summed E-state index contributed by atoms with van der Waals surface area (Å²) in [6, 6.07) is 9.81. The second kappa shape index (κ2) is 7.80. The highest BCUT2D eigenvalue weighted by molar-refractivity contribution is 5.79. The molecule has 0 saturated carbocycles. The molecule has 1 aromatic carbocycles. The molecule has 0 radical (unpaired) electrons. The van der Waals surface area contributed by atoms with Gasteiger partial charge in [-0.05, 0) is 32.0 Å². The molecule has 4 rings (SSSR count). The molecular weight excluding hydrogens is 354 g/mol. The fourth-order valence-electron chi connectivity index (χ4n) is 3.36. The second-order valence-corrected chi connectivity index (χ2v) is 6.98. The number of amides is 1. The predicted octanol–water partition coefficient (Wildman–Crippen LogP) is 2.64. The largest absolute Gasteiger partial charge is 0.441 e. The Morgan fingerprint density at radius 1 is 1.07 bits per heavy atom. The van der Waals surface area contributed by atoms with Crippen LogP contribution >= 0.6 is 0 Å². The molecule has 0 aliphatic carbocycles. The first-order chi connectivity index (χ1) is 13.6. The van der Waals surface area contributed by atoms with Gasteiger partial charge in [0.05, 0.1) is 12.1 Å². The van der Waals surface area contributed by atoms with E-state index in [1.165, 1.54) is 0 Å². The number of carbonyl (C=O) groups excluding carboxylic acids is 1. The molecular formula is C21H23N5O2. The summed E-state index contributed by atoms with van der Waals surface area (Å²) in [6.45, 7) is 6.64. The Morgan fingerprint density at radius 3 is 2.54 bits per heavy atom. The van der Waals surface area contributed by atoms with Gasteiger partial charge in [0.2, 0.25) is 17.7 Å². The number of aryl methyl sites for hydroxylation is 2. The van der Waals surface area contributed by atoms with E-state index in [-0.39, 0.29) is 12.3 Å². The van der Waals surface area contributed by atoms with Gasteiger partial charge in [-0.2, -0.15) is 0 Å². The summed E-state index contributed by atoms with van der Waals surface area (Å²) in [4.78, 5) is 29.9. The van der Waals surface area contributed by atoms with E-state index in [0.717, 1.165) is 24.2 Å². The molecule has 0 spiro atoms. The third-order valence-corrected chi connectivity index (χ3v) is 4.94. The number of aromatic nitrogens is 3. The number of rotatable bonds is 4. The van der Waals surface area contributed by atoms with Crippen molar-refractivity contribution < 1.29 is 9.21 Å². The Labute approximate surface area is 164 Å². The van der Waals surface area contributed by atoms with E-state index >= 15 is 0 Å². The Hall–Kier alpha value is -3.22. The van der Waals surface area contributed by atoms with Crippen LogP contribution in [0.5, 0.6) is 0 Å². The van der Waals surface area contributed by atoms with E-state index in [0.29, 0.717) is 36.4 Å². The first-order valence-corrected chi connectivity index (χ1v) is 9.43. The summed E-state index contributed by atoms with van der Waals surface area (Å²) in [5.74, 6) is 2.04. The van der Waals surface area contributed by atoms with Gasteiger partial charge < -0.3 is 14.2 Å². The SMILES string of the molecule is Cc1cccc(-c2nc(CC(=O)N3CCN(c4ncccn4)CC3)c(C)o2)c1. The fraction of sp³-hybridized carbons (Fsp3) is 0.333. The van der Waals surface area contributed by atoms with Crippen LogP contribution in [0.2, 0.25) is 0 Å². The van der Waals surface area contributed by atoms with Crippen LogP contribution in [-0.2, 0) is 11.2 Å². The zero-order valence-electron chi connectivity index (χ0n) is 16.1. The quantitative estimate of drug-likeness (QED) is 0.696. The van der Waals surface area contributed by atoms with Crippen LogP contribution in [0.1, 0.15) is 17.0 Å². The lowest BCUT2D eigenvalue weighted by Gasteiger charge is -2.34. The van der Waals surface area contributed by atoms with Crippen molar-refractivity contribution in [2.45, 2.75) is 20.3 Å². The zero-order valence-corrected chi connectivity index (χ0v) is 16.1. The number of nitrogens with zero attached hydrogens (tertiary/aromatic N) is 5. The van der Waals surface area contributed by atoms with Gasteiger partial charge in [0, 0.05) is 44.1 Å². The Balaban J connectivity index is 1.39. The van der Waals surface area contributed by atoms with E-state index in [1.54, 1.807) is 18.5 Å². The minimum absolute atomic E-state index is 0.0702. The third kappa shape index (κ3) is 3.88. The van der Waals surface area contributed by atoms with Crippen molar-refractivity contribution in [2.75, 3.05) is 31.1 Å². The number of anilines is 1. The molecule has 7 nitrogen and oxygen atoms in total. The minimum atomic E-state index is 0.0702. The average Bonchev–Trinajstić information content (AvgIpc) is 3.09. The van der Waals surface area contributed by atoms with Crippen molar-refractivity contribution in [3.63, 3.8) is 0 Å². The van der Waals surface area contributed by atoms with Gasteiger partial charge >= 0.3 is 0 Å². The Kier molecular flexibility index (Phi) is 5.06. The summed E-state index contributed by atoms with van der Waals surface area (Å²) in [6.07, 6.45) is 3.72. The molecule has 7 heteroatoms. The van der Waals surface area contributed by atoms with Crippen LogP contribution in [0.15, 0.2) is 47.1 Å². The highest BCUT2D eigenvalue weighted by atomic mass is 16.4. The predicted molar refractivity (Wildman–Crippen MR) is 106 cm³/mol. The van der Waals surface area contributed by atoms with Gasteiger partial charge in [0.25, 0.3) is 0 Å². The molecule has 3 aromatic rings. The maximum absolute atomic E-state index is 12.8. The number of carbonyl (C=O) groups is 1. The van der Waals surface area contributed by atoms with Crippen molar-refractivity contribution >= 4 is 11.9 Å². The van der Waals surface area contributed by atoms with Crippen molar-refractivity contribution in [1.29, 1.82) is 0 Å². The lowest BCUT2D eigenvalue weighted by atomic mass is 10.1. The number of benzene rings is 1. The summed E-state index contributed by atoms with van der Waals surface area (Å²) >= 11 is 0. The highest BCUT2D eigenvalue weighted by Crippen LogP contribution is 2.23. The Morgan fingerprint density at radius 2 is 1.82 bits per heavy atom. The molecule has 0 unspecified atom stereocenters. The van der Waals surface area contributed by atoms with Gasteiger partial charge in [-0.25, -0.2) is 15.0 Å². The van der Waals surface area contributed by atoms with Crippen LogP contribution < -0.4 is 4.90 Å². The van der Waals surface area contributed by atoms with Gasteiger partial charge in [-0.1, -0.05) is 17.7 Å². The van der Waals surface area contributed by atoms with Crippen molar-refractivity contribution in [3.05, 3.63) is 59.7 Å². The van der Waals surface area contributed by atoms with Crippen LogP contribution in [0.4, 0.5) is 5.95 Å². The summed E-state index contributed by atoms with van der Waals surface area (Å²) in [5.41, 5.74) is 2.78. The van der Waals surface area contributed by atoms with Crippen LogP contribution in [-0.4, -0.2) is 51.9 Å². The standard InChI is InChI=1S/C21H23N5O2/c1-15-5-3-6-17(13-15)20-24-18(16(2)28-20)14-19(27)25-9-11-26(12-10-25)21-22-7-4-8-23-21/h3-8,13H,9-12,14H2,1-2H3. The molecule has 1 aliphatic rings. The maximum Gasteiger partial charge on any atom is 0.228 e. The van der Waals surface area contributed by atoms with Crippen LogP contribution in [0, 0.1) is 13.8 Å². The monoisotopic (exact) mass is 377 g/mol. The van der Waals surface area contributed by atoms with E-state index in [9.17, 15) is 4.79 Å². The average molecular weight is 377 g/mol. The highest BCUT2D eigenvalue weighted by Gasteiger charge is 2.24. The third-order valence-electron chi connectivity index (χ3n) is 4.94. The van der Waals surface area contributed by atoms with Gasteiger partial charge in [0.15, 0.2) is 0 Å². The summed E-state index contributed by atoms with van der Waals surface area (Å²) in [7, 11) is 0. The lowest BCUT2D eigenvalue weighted by Crippen LogP contribution is -2.49. The molecule has 0 N–H and O–H groups in total. The molecule has 2 aromatic heterocycles. The number of piperazine rings is 1. The number of hydrogen-bond acceptors (Lipinski definition) is 6. The van der Waals surface area contributed by atoms with Gasteiger partial charge in [-0.3, -0.25) is 4.79 Å². The Bertz CT molecular complexity index is 962. The molecule has 1 fully saturated rings. The molecule has 28 heavy (non-hydrogen) atoms. The van der Waals surface area contributed by atoms with Gasteiger partial charge in [0.1, 0.15) is 5.76 Å². The first kappa shape index (κ1) is 18.2. The summed E-state index contributed by atoms with van der Waals surface area (Å²) in [5, 5.41) is 0. The topological polar surface area (TPSA) is 75.4 Å². The van der Waals surface area contributed by atoms with E-state index in [2.05, 4.69) is 19.9 Å². The molecule has 144 valence electrons. The van der Waals surface area contributed by atoms with Crippen LogP contribution in [0.25, 0.3) is 11.5 Å². The molecule has 1 aliphatic heterocycles. The molecule has 0 bridgehead atoms. The maximum atomic E-state index is 12.8. The van der Waals surface area contributed by atoms with Crippen molar-refractivity contribution in [1.82, 2.24) is 19.9 Å².